The Morgan fingerprint density at radius 3 is 2.50 bits per heavy atom. The third-order valence-electron chi connectivity index (χ3n) is 5.89. The summed E-state index contributed by atoms with van der Waals surface area (Å²) in [5.41, 5.74) is 2.06. The molecule has 32 heavy (non-hydrogen) atoms. The van der Waals surface area contributed by atoms with Crippen LogP contribution in [0.2, 0.25) is 0 Å². The Hall–Kier alpha value is -3.03. The summed E-state index contributed by atoms with van der Waals surface area (Å²) >= 11 is 0. The Morgan fingerprint density at radius 2 is 1.75 bits per heavy atom. The van der Waals surface area contributed by atoms with Crippen LogP contribution in [0, 0.1) is 11.6 Å². The Kier molecular flexibility index (Phi) is 6.39. The molecular formula is C24H23ClF2N4O. The fraction of sp³-hybridized carbons (Fsp3) is 0.250. The van der Waals surface area contributed by atoms with Gasteiger partial charge in [-0.1, -0.05) is 0 Å². The molecule has 0 amide bonds. The van der Waals surface area contributed by atoms with Crippen molar-refractivity contribution in [2.45, 2.75) is 19.4 Å². The van der Waals surface area contributed by atoms with Crippen molar-refractivity contribution in [2.24, 2.45) is 0 Å². The highest BCUT2D eigenvalue weighted by molar-refractivity contribution is 5.85. The number of nitrogens with zero attached hydrogens (tertiary/aromatic N) is 4. The summed E-state index contributed by atoms with van der Waals surface area (Å²) in [6, 6.07) is 12.1. The summed E-state index contributed by atoms with van der Waals surface area (Å²) in [7, 11) is 0. The van der Waals surface area contributed by atoms with Crippen LogP contribution in [0.25, 0.3) is 27.7 Å². The Morgan fingerprint density at radius 1 is 0.938 bits per heavy atom. The highest BCUT2D eigenvalue weighted by Gasteiger charge is 2.13. The van der Waals surface area contributed by atoms with Crippen molar-refractivity contribution < 1.29 is 8.78 Å². The molecule has 0 unspecified atom stereocenters. The van der Waals surface area contributed by atoms with E-state index in [9.17, 15) is 13.6 Å². The van der Waals surface area contributed by atoms with Gasteiger partial charge in [0.25, 0.3) is 5.56 Å². The smallest absolute Gasteiger partial charge is 0.255 e. The predicted octanol–water partition coefficient (Wildman–Crippen LogP) is 4.65. The highest BCUT2D eigenvalue weighted by Crippen LogP contribution is 2.23. The molecule has 0 radical (unpaired) electrons. The number of benzene rings is 2. The van der Waals surface area contributed by atoms with E-state index in [1.807, 2.05) is 29.1 Å². The molecule has 0 spiro atoms. The molecule has 1 aliphatic rings. The van der Waals surface area contributed by atoms with Crippen molar-refractivity contribution in [3.05, 3.63) is 82.9 Å². The summed E-state index contributed by atoms with van der Waals surface area (Å²) in [5.74, 6) is -1.34. The molecule has 8 heteroatoms. The second-order valence-electron chi connectivity index (χ2n) is 7.91. The molecule has 3 heterocycles. The molecule has 1 fully saturated rings. The third kappa shape index (κ3) is 4.31. The first kappa shape index (κ1) is 22.2. The number of rotatable bonds is 5. The first-order valence-electron chi connectivity index (χ1n) is 10.4. The summed E-state index contributed by atoms with van der Waals surface area (Å²) in [6.07, 6.45) is 5.96. The second-order valence-corrected chi connectivity index (χ2v) is 7.91. The minimum Gasteiger partial charge on any atom is -0.301 e. The van der Waals surface area contributed by atoms with Crippen LogP contribution in [-0.2, 0) is 6.54 Å². The second kappa shape index (κ2) is 9.22. The minimum atomic E-state index is -0.695. The number of hydrogen-bond acceptors (Lipinski definition) is 3. The molecule has 1 aliphatic heterocycles. The standard InChI is InChI=1S/C24H22F2N4O.ClH/c25-19-3-5-21(22(26)15-19)17-7-10-29(24(31)14-17)20-4-6-23-18(13-20)16-27-30(23)12-11-28-8-1-2-9-28;/h3-7,10,13-16H,1-2,8-9,11-12H2;1H. The summed E-state index contributed by atoms with van der Waals surface area (Å²) in [5, 5.41) is 5.47. The predicted molar refractivity (Wildman–Crippen MR) is 124 cm³/mol. The molecule has 1 saturated heterocycles. The first-order valence-corrected chi connectivity index (χ1v) is 10.4. The molecule has 4 aromatic rings. The Labute approximate surface area is 190 Å². The number of hydrogen-bond donors (Lipinski definition) is 0. The Balaban J connectivity index is 0.00000245. The van der Waals surface area contributed by atoms with Crippen molar-refractivity contribution in [1.29, 1.82) is 0 Å². The highest BCUT2D eigenvalue weighted by atomic mass is 35.5. The van der Waals surface area contributed by atoms with Gasteiger partial charge in [-0.2, -0.15) is 5.10 Å². The maximum absolute atomic E-state index is 14.1. The van der Waals surface area contributed by atoms with Crippen LogP contribution < -0.4 is 5.56 Å². The molecule has 0 saturated carbocycles. The van der Waals surface area contributed by atoms with Gasteiger partial charge in [-0.3, -0.25) is 14.0 Å². The van der Waals surface area contributed by atoms with E-state index >= 15 is 0 Å². The quantitative estimate of drug-likeness (QED) is 0.439. The van der Waals surface area contributed by atoms with Crippen LogP contribution in [0.5, 0.6) is 0 Å². The maximum Gasteiger partial charge on any atom is 0.255 e. The molecule has 166 valence electrons. The van der Waals surface area contributed by atoms with E-state index in [1.54, 1.807) is 12.3 Å². The van der Waals surface area contributed by atoms with E-state index in [-0.39, 0.29) is 23.5 Å². The molecular weight excluding hydrogens is 434 g/mol. The largest absolute Gasteiger partial charge is 0.301 e. The fourth-order valence-electron chi connectivity index (χ4n) is 4.23. The van der Waals surface area contributed by atoms with Gasteiger partial charge in [0.15, 0.2) is 0 Å². The van der Waals surface area contributed by atoms with Gasteiger partial charge >= 0.3 is 0 Å². The normalized spacial score (nSPS) is 14.1. The van der Waals surface area contributed by atoms with E-state index in [1.165, 1.54) is 35.6 Å². The number of fused-ring (bicyclic) bond motifs is 1. The average Bonchev–Trinajstić information content (AvgIpc) is 3.41. The molecule has 0 bridgehead atoms. The van der Waals surface area contributed by atoms with Crippen LogP contribution in [-0.4, -0.2) is 38.9 Å². The molecule has 0 aliphatic carbocycles. The molecule has 5 nitrogen and oxygen atoms in total. The topological polar surface area (TPSA) is 43.1 Å². The van der Waals surface area contributed by atoms with Crippen LogP contribution in [0.1, 0.15) is 12.8 Å². The number of halogens is 3. The van der Waals surface area contributed by atoms with E-state index in [4.69, 9.17) is 0 Å². The average molecular weight is 457 g/mol. The molecule has 2 aromatic heterocycles. The third-order valence-corrected chi connectivity index (χ3v) is 5.89. The first-order chi connectivity index (χ1) is 15.1. The zero-order valence-corrected chi connectivity index (χ0v) is 18.2. The van der Waals surface area contributed by atoms with Crippen LogP contribution in [0.3, 0.4) is 0 Å². The van der Waals surface area contributed by atoms with Gasteiger partial charge in [-0.15, -0.1) is 12.4 Å². The van der Waals surface area contributed by atoms with Gasteiger partial charge in [0.05, 0.1) is 18.3 Å². The van der Waals surface area contributed by atoms with Crippen LogP contribution >= 0.6 is 12.4 Å². The number of pyridine rings is 1. The summed E-state index contributed by atoms with van der Waals surface area (Å²) in [4.78, 5) is 15.2. The molecule has 0 atom stereocenters. The lowest BCUT2D eigenvalue weighted by molar-refractivity contribution is 0.318. The van der Waals surface area contributed by atoms with Crippen molar-refractivity contribution in [3.63, 3.8) is 0 Å². The van der Waals surface area contributed by atoms with E-state index in [2.05, 4.69) is 10.00 Å². The van der Waals surface area contributed by atoms with Crippen molar-refractivity contribution in [3.8, 4) is 16.8 Å². The van der Waals surface area contributed by atoms with Gasteiger partial charge in [0.1, 0.15) is 11.6 Å². The summed E-state index contributed by atoms with van der Waals surface area (Å²) < 4.78 is 30.7. The van der Waals surface area contributed by atoms with Crippen LogP contribution in [0.4, 0.5) is 8.78 Å². The zero-order chi connectivity index (χ0) is 21.4. The summed E-state index contributed by atoms with van der Waals surface area (Å²) in [6.45, 7) is 4.13. The van der Waals surface area contributed by atoms with Gasteiger partial charge in [0, 0.05) is 41.5 Å². The van der Waals surface area contributed by atoms with Gasteiger partial charge in [-0.25, -0.2) is 8.78 Å². The van der Waals surface area contributed by atoms with Crippen molar-refractivity contribution in [2.75, 3.05) is 19.6 Å². The van der Waals surface area contributed by atoms with Crippen molar-refractivity contribution >= 4 is 23.3 Å². The lowest BCUT2D eigenvalue weighted by Gasteiger charge is -2.14. The van der Waals surface area contributed by atoms with E-state index < -0.39 is 11.6 Å². The lowest BCUT2D eigenvalue weighted by atomic mass is 10.1. The fourth-order valence-corrected chi connectivity index (χ4v) is 4.23. The molecule has 2 aromatic carbocycles. The van der Waals surface area contributed by atoms with Gasteiger partial charge < -0.3 is 4.90 Å². The van der Waals surface area contributed by atoms with E-state index in [0.29, 0.717) is 11.3 Å². The maximum atomic E-state index is 14.1. The van der Waals surface area contributed by atoms with Crippen molar-refractivity contribution in [1.82, 2.24) is 19.2 Å². The van der Waals surface area contributed by atoms with Crippen LogP contribution in [0.15, 0.2) is 65.7 Å². The number of likely N-dealkylation sites (tertiary alicyclic amines) is 1. The molecule has 5 rings (SSSR count). The number of aromatic nitrogens is 3. The van der Waals surface area contributed by atoms with E-state index in [0.717, 1.165) is 43.1 Å². The minimum absolute atomic E-state index is 0. The van der Waals surface area contributed by atoms with Gasteiger partial charge in [0.2, 0.25) is 0 Å². The molecule has 0 N–H and O–H groups in total. The zero-order valence-electron chi connectivity index (χ0n) is 17.4. The van der Waals surface area contributed by atoms with Gasteiger partial charge in [-0.05, 0) is 67.9 Å². The lowest BCUT2D eigenvalue weighted by Crippen LogP contribution is -2.24. The Bertz CT molecular complexity index is 1310. The SMILES string of the molecule is Cl.O=c1cc(-c2ccc(F)cc2F)ccn1-c1ccc2c(cnn2CCN2CCCC2)c1. The monoisotopic (exact) mass is 456 g/mol.